The molecule has 6 heteroatoms. The molecule has 1 amide bonds. The number of benzene rings is 2. The Morgan fingerprint density at radius 1 is 1.29 bits per heavy atom. The maximum atomic E-state index is 13.1. The van der Waals surface area contributed by atoms with Crippen LogP contribution in [0.4, 0.5) is 5.82 Å². The number of rotatable bonds is 5. The van der Waals surface area contributed by atoms with Gasteiger partial charge in [0.2, 0.25) is 0 Å². The van der Waals surface area contributed by atoms with Crippen molar-refractivity contribution in [3.05, 3.63) is 48.0 Å². The van der Waals surface area contributed by atoms with E-state index in [1.807, 2.05) is 47.4 Å². The van der Waals surface area contributed by atoms with Crippen LogP contribution >= 0.6 is 0 Å². The second-order valence-corrected chi connectivity index (χ2v) is 7.34. The Morgan fingerprint density at radius 3 is 3.00 bits per heavy atom. The second-order valence-electron chi connectivity index (χ2n) is 7.34. The molecular formula is C22H26N4O2. The number of nitrogens with zero attached hydrogens (tertiary/aromatic N) is 2. The SMILES string of the molecule is CCCOC1CCCN(C(=O)c2cccc(-c3ccc4[nH]nc(N)c4c3)c2)C1. The molecule has 3 N–H and O–H groups in total. The number of amides is 1. The average molecular weight is 378 g/mol. The molecule has 28 heavy (non-hydrogen) atoms. The number of fused-ring (bicyclic) bond motifs is 1. The van der Waals surface area contributed by atoms with Crippen molar-refractivity contribution in [2.75, 3.05) is 25.4 Å². The Labute approximate surface area is 164 Å². The number of aromatic nitrogens is 2. The second kappa shape index (κ2) is 8.02. The van der Waals surface area contributed by atoms with Gasteiger partial charge in [0.15, 0.2) is 5.82 Å². The van der Waals surface area contributed by atoms with Gasteiger partial charge in [-0.3, -0.25) is 9.89 Å². The number of nitrogen functional groups attached to an aromatic ring is 1. The first kappa shape index (κ1) is 18.5. The van der Waals surface area contributed by atoms with Crippen molar-refractivity contribution in [3.63, 3.8) is 0 Å². The van der Waals surface area contributed by atoms with E-state index in [0.29, 0.717) is 17.9 Å². The molecule has 3 aromatic rings. The minimum atomic E-state index is 0.0653. The molecule has 0 aliphatic carbocycles. The zero-order valence-electron chi connectivity index (χ0n) is 16.1. The molecule has 1 fully saturated rings. The lowest BCUT2D eigenvalue weighted by Gasteiger charge is -2.32. The number of carbonyl (C=O) groups excluding carboxylic acids is 1. The number of likely N-dealkylation sites (tertiary alicyclic amines) is 1. The van der Waals surface area contributed by atoms with Crippen LogP contribution in [-0.4, -0.2) is 46.8 Å². The van der Waals surface area contributed by atoms with E-state index in [1.165, 1.54) is 0 Å². The predicted molar refractivity (Wildman–Crippen MR) is 111 cm³/mol. The van der Waals surface area contributed by atoms with Crippen LogP contribution in [0.5, 0.6) is 0 Å². The summed E-state index contributed by atoms with van der Waals surface area (Å²) in [6.07, 6.45) is 3.15. The van der Waals surface area contributed by atoms with Crippen LogP contribution < -0.4 is 5.73 Å². The molecule has 0 saturated carbocycles. The number of hydrogen-bond acceptors (Lipinski definition) is 4. The van der Waals surface area contributed by atoms with Crippen LogP contribution in [0, 0.1) is 0 Å². The minimum absolute atomic E-state index is 0.0653. The van der Waals surface area contributed by atoms with E-state index < -0.39 is 0 Å². The summed E-state index contributed by atoms with van der Waals surface area (Å²) in [5, 5.41) is 7.85. The normalized spacial score (nSPS) is 17.2. The summed E-state index contributed by atoms with van der Waals surface area (Å²) in [4.78, 5) is 15.0. The molecule has 1 saturated heterocycles. The lowest BCUT2D eigenvalue weighted by atomic mass is 10.0. The molecule has 1 atom stereocenters. The summed E-state index contributed by atoms with van der Waals surface area (Å²) in [6, 6.07) is 13.8. The third kappa shape index (κ3) is 3.73. The zero-order chi connectivity index (χ0) is 19.5. The van der Waals surface area contributed by atoms with Crippen LogP contribution in [0.3, 0.4) is 0 Å². The van der Waals surface area contributed by atoms with Crippen molar-refractivity contribution >= 4 is 22.6 Å². The number of aromatic amines is 1. The average Bonchev–Trinajstić information content (AvgIpc) is 3.12. The first-order valence-electron chi connectivity index (χ1n) is 9.90. The third-order valence-electron chi connectivity index (χ3n) is 5.26. The fourth-order valence-corrected chi connectivity index (χ4v) is 3.77. The number of ether oxygens (including phenoxy) is 1. The highest BCUT2D eigenvalue weighted by Crippen LogP contribution is 2.27. The lowest BCUT2D eigenvalue weighted by molar-refractivity contribution is 0.00211. The van der Waals surface area contributed by atoms with E-state index in [4.69, 9.17) is 10.5 Å². The highest BCUT2D eigenvalue weighted by Gasteiger charge is 2.25. The van der Waals surface area contributed by atoms with E-state index in [9.17, 15) is 4.79 Å². The number of nitrogens with one attached hydrogen (secondary N) is 1. The zero-order valence-corrected chi connectivity index (χ0v) is 16.1. The van der Waals surface area contributed by atoms with Gasteiger partial charge in [-0.05, 0) is 54.7 Å². The first-order chi connectivity index (χ1) is 13.7. The molecule has 1 aliphatic rings. The molecule has 2 aromatic carbocycles. The quantitative estimate of drug-likeness (QED) is 0.706. The number of anilines is 1. The molecule has 6 nitrogen and oxygen atoms in total. The minimum Gasteiger partial charge on any atom is -0.382 e. The summed E-state index contributed by atoms with van der Waals surface area (Å²) >= 11 is 0. The van der Waals surface area contributed by atoms with E-state index >= 15 is 0 Å². The van der Waals surface area contributed by atoms with Crippen molar-refractivity contribution in [1.82, 2.24) is 15.1 Å². The van der Waals surface area contributed by atoms with Crippen molar-refractivity contribution in [3.8, 4) is 11.1 Å². The number of carbonyl (C=O) groups is 1. The lowest BCUT2D eigenvalue weighted by Crippen LogP contribution is -2.43. The molecule has 1 aromatic heterocycles. The van der Waals surface area contributed by atoms with Gasteiger partial charge in [-0.2, -0.15) is 5.10 Å². The number of piperidine rings is 1. The predicted octanol–water partition coefficient (Wildman–Crippen LogP) is 3.84. The van der Waals surface area contributed by atoms with Gasteiger partial charge in [0.05, 0.1) is 11.6 Å². The molecule has 1 aliphatic heterocycles. The fraction of sp³-hybridized carbons (Fsp3) is 0.364. The van der Waals surface area contributed by atoms with Gasteiger partial charge in [-0.1, -0.05) is 25.1 Å². The van der Waals surface area contributed by atoms with Gasteiger partial charge in [0, 0.05) is 30.6 Å². The number of H-pyrrole nitrogens is 1. The van der Waals surface area contributed by atoms with Crippen molar-refractivity contribution in [2.45, 2.75) is 32.3 Å². The van der Waals surface area contributed by atoms with Crippen LogP contribution in [0.2, 0.25) is 0 Å². The highest BCUT2D eigenvalue weighted by atomic mass is 16.5. The fourth-order valence-electron chi connectivity index (χ4n) is 3.77. The Balaban J connectivity index is 1.55. The maximum absolute atomic E-state index is 13.1. The molecule has 1 unspecified atom stereocenters. The van der Waals surface area contributed by atoms with Crippen molar-refractivity contribution < 1.29 is 9.53 Å². The van der Waals surface area contributed by atoms with Gasteiger partial charge in [-0.15, -0.1) is 0 Å². The summed E-state index contributed by atoms with van der Waals surface area (Å²) in [5.41, 5.74) is 9.54. The monoisotopic (exact) mass is 378 g/mol. The van der Waals surface area contributed by atoms with Gasteiger partial charge < -0.3 is 15.4 Å². The van der Waals surface area contributed by atoms with E-state index in [1.54, 1.807) is 0 Å². The van der Waals surface area contributed by atoms with E-state index in [2.05, 4.69) is 17.1 Å². The maximum Gasteiger partial charge on any atom is 0.253 e. The molecule has 0 radical (unpaired) electrons. The first-order valence-corrected chi connectivity index (χ1v) is 9.90. The standard InChI is InChI=1S/C22H26N4O2/c1-2-11-28-18-7-4-10-26(14-18)22(27)17-6-3-5-15(12-17)16-8-9-20-19(13-16)21(23)25-24-20/h3,5-6,8-9,12-13,18H,2,4,7,10-11,14H2,1H3,(H3,23,24,25). The highest BCUT2D eigenvalue weighted by molar-refractivity contribution is 5.96. The molecule has 0 bridgehead atoms. The summed E-state index contributed by atoms with van der Waals surface area (Å²) in [5.74, 6) is 0.547. The number of nitrogens with two attached hydrogens (primary N) is 1. The van der Waals surface area contributed by atoms with Crippen LogP contribution in [0.25, 0.3) is 22.0 Å². The largest absolute Gasteiger partial charge is 0.382 e. The Bertz CT molecular complexity index is 982. The Kier molecular flexibility index (Phi) is 5.30. The van der Waals surface area contributed by atoms with Gasteiger partial charge >= 0.3 is 0 Å². The molecular weight excluding hydrogens is 352 g/mol. The van der Waals surface area contributed by atoms with E-state index in [-0.39, 0.29) is 12.0 Å². The van der Waals surface area contributed by atoms with Crippen LogP contribution in [0.15, 0.2) is 42.5 Å². The number of hydrogen-bond donors (Lipinski definition) is 2. The third-order valence-corrected chi connectivity index (χ3v) is 5.26. The molecule has 2 heterocycles. The smallest absolute Gasteiger partial charge is 0.253 e. The summed E-state index contributed by atoms with van der Waals surface area (Å²) < 4.78 is 5.87. The van der Waals surface area contributed by atoms with Crippen molar-refractivity contribution in [1.29, 1.82) is 0 Å². The Hall–Kier alpha value is -2.86. The topological polar surface area (TPSA) is 84.2 Å². The molecule has 146 valence electrons. The summed E-state index contributed by atoms with van der Waals surface area (Å²) in [6.45, 7) is 4.31. The van der Waals surface area contributed by atoms with Gasteiger partial charge in [0.1, 0.15) is 0 Å². The van der Waals surface area contributed by atoms with Crippen molar-refractivity contribution in [2.24, 2.45) is 0 Å². The Morgan fingerprint density at radius 2 is 2.14 bits per heavy atom. The van der Waals surface area contributed by atoms with Crippen LogP contribution in [0.1, 0.15) is 36.5 Å². The molecule has 4 rings (SSSR count). The van der Waals surface area contributed by atoms with Gasteiger partial charge in [0.25, 0.3) is 5.91 Å². The molecule has 0 spiro atoms. The summed E-state index contributed by atoms with van der Waals surface area (Å²) in [7, 11) is 0. The van der Waals surface area contributed by atoms with Gasteiger partial charge in [-0.25, -0.2) is 0 Å². The van der Waals surface area contributed by atoms with Crippen LogP contribution in [-0.2, 0) is 4.74 Å². The van der Waals surface area contributed by atoms with E-state index in [0.717, 1.165) is 54.4 Å².